The van der Waals surface area contributed by atoms with E-state index in [9.17, 15) is 0 Å². The number of hydrogen-bond acceptors (Lipinski definition) is 3. The molecule has 0 aliphatic carbocycles. The summed E-state index contributed by atoms with van der Waals surface area (Å²) >= 11 is 0. The van der Waals surface area contributed by atoms with Gasteiger partial charge in [-0.15, -0.1) is 0 Å². The summed E-state index contributed by atoms with van der Waals surface area (Å²) in [5.41, 5.74) is 6.44. The summed E-state index contributed by atoms with van der Waals surface area (Å²) in [6.45, 7) is 2.79. The van der Waals surface area contributed by atoms with E-state index < -0.39 is 0 Å². The van der Waals surface area contributed by atoms with Crippen molar-refractivity contribution in [1.29, 1.82) is 0 Å². The first-order valence-electron chi connectivity index (χ1n) is 4.51. The van der Waals surface area contributed by atoms with Crippen molar-refractivity contribution in [3.05, 3.63) is 17.5 Å². The van der Waals surface area contributed by atoms with E-state index in [4.69, 9.17) is 10.3 Å². The van der Waals surface area contributed by atoms with E-state index in [-0.39, 0.29) is 0 Å². The van der Waals surface area contributed by atoms with Crippen LogP contribution in [0.15, 0.2) is 10.6 Å². The number of rotatable bonds is 5. The van der Waals surface area contributed by atoms with Crippen molar-refractivity contribution >= 4 is 0 Å². The van der Waals surface area contributed by atoms with Gasteiger partial charge in [0, 0.05) is 12.5 Å². The Morgan fingerprint density at radius 3 is 3.00 bits per heavy atom. The van der Waals surface area contributed by atoms with Crippen LogP contribution in [-0.2, 0) is 12.8 Å². The number of aromatic nitrogens is 1. The van der Waals surface area contributed by atoms with Gasteiger partial charge in [0.1, 0.15) is 5.76 Å². The first-order chi connectivity index (χ1) is 5.86. The molecular formula is C9H16N2O. The van der Waals surface area contributed by atoms with Gasteiger partial charge in [0.05, 0.1) is 5.69 Å². The van der Waals surface area contributed by atoms with E-state index in [0.29, 0.717) is 6.54 Å². The SMILES string of the molecule is CCCCc1cc(CCN)on1. The van der Waals surface area contributed by atoms with Gasteiger partial charge in [0.25, 0.3) is 0 Å². The molecule has 1 heterocycles. The van der Waals surface area contributed by atoms with Crippen molar-refractivity contribution in [1.82, 2.24) is 5.16 Å². The molecule has 1 aromatic heterocycles. The smallest absolute Gasteiger partial charge is 0.138 e. The Labute approximate surface area is 72.9 Å². The summed E-state index contributed by atoms with van der Waals surface area (Å²) in [4.78, 5) is 0. The van der Waals surface area contributed by atoms with Crippen LogP contribution >= 0.6 is 0 Å². The van der Waals surface area contributed by atoms with Crippen LogP contribution in [0.2, 0.25) is 0 Å². The molecule has 1 aromatic rings. The van der Waals surface area contributed by atoms with Crippen LogP contribution in [0.5, 0.6) is 0 Å². The van der Waals surface area contributed by atoms with Crippen molar-refractivity contribution in [3.63, 3.8) is 0 Å². The quantitative estimate of drug-likeness (QED) is 0.725. The third-order valence-corrected chi connectivity index (χ3v) is 1.78. The molecule has 3 nitrogen and oxygen atoms in total. The maximum Gasteiger partial charge on any atom is 0.138 e. The number of hydrogen-bond donors (Lipinski definition) is 1. The highest BCUT2D eigenvalue weighted by Gasteiger charge is 2.01. The zero-order valence-electron chi connectivity index (χ0n) is 7.55. The molecule has 2 N–H and O–H groups in total. The minimum atomic E-state index is 0.627. The predicted octanol–water partition coefficient (Wildman–Crippen LogP) is 1.52. The van der Waals surface area contributed by atoms with Gasteiger partial charge in [-0.05, 0) is 19.4 Å². The van der Waals surface area contributed by atoms with E-state index >= 15 is 0 Å². The molecule has 0 amide bonds. The Kier molecular flexibility index (Phi) is 3.80. The number of unbranched alkanes of at least 4 members (excludes halogenated alkanes) is 1. The Morgan fingerprint density at radius 1 is 1.50 bits per heavy atom. The highest BCUT2D eigenvalue weighted by Crippen LogP contribution is 2.06. The first kappa shape index (κ1) is 9.26. The Hall–Kier alpha value is -0.830. The molecule has 0 saturated carbocycles. The maximum atomic E-state index is 5.38. The summed E-state index contributed by atoms with van der Waals surface area (Å²) in [7, 11) is 0. The third kappa shape index (κ3) is 2.66. The van der Waals surface area contributed by atoms with Gasteiger partial charge in [-0.2, -0.15) is 0 Å². The van der Waals surface area contributed by atoms with Gasteiger partial charge in [-0.3, -0.25) is 0 Å². The van der Waals surface area contributed by atoms with Crippen molar-refractivity contribution in [2.24, 2.45) is 5.73 Å². The lowest BCUT2D eigenvalue weighted by molar-refractivity contribution is 0.377. The van der Waals surface area contributed by atoms with Crippen molar-refractivity contribution in [2.45, 2.75) is 32.6 Å². The van der Waals surface area contributed by atoms with Crippen LogP contribution < -0.4 is 5.73 Å². The fourth-order valence-corrected chi connectivity index (χ4v) is 1.09. The van der Waals surface area contributed by atoms with Crippen LogP contribution in [0, 0.1) is 0 Å². The molecule has 0 unspecified atom stereocenters. The predicted molar refractivity (Wildman–Crippen MR) is 47.9 cm³/mol. The Bertz CT molecular complexity index is 220. The van der Waals surface area contributed by atoms with Crippen molar-refractivity contribution in [2.75, 3.05) is 6.54 Å². The molecule has 0 spiro atoms. The second kappa shape index (κ2) is 4.93. The summed E-state index contributed by atoms with van der Waals surface area (Å²) in [6.07, 6.45) is 4.18. The highest BCUT2D eigenvalue weighted by atomic mass is 16.5. The molecule has 0 radical (unpaired) electrons. The van der Waals surface area contributed by atoms with Crippen LogP contribution in [0.3, 0.4) is 0 Å². The standard InChI is InChI=1S/C9H16N2O/c1-2-3-4-8-7-9(5-6-10)12-11-8/h7H,2-6,10H2,1H3. The lowest BCUT2D eigenvalue weighted by atomic mass is 10.2. The van der Waals surface area contributed by atoms with E-state index in [1.807, 2.05) is 6.07 Å². The fraction of sp³-hybridized carbons (Fsp3) is 0.667. The third-order valence-electron chi connectivity index (χ3n) is 1.78. The zero-order valence-corrected chi connectivity index (χ0v) is 7.55. The molecule has 0 saturated heterocycles. The number of aryl methyl sites for hydroxylation is 1. The molecule has 0 aromatic carbocycles. The number of nitrogens with zero attached hydrogens (tertiary/aromatic N) is 1. The van der Waals surface area contributed by atoms with Crippen molar-refractivity contribution in [3.8, 4) is 0 Å². The second-order valence-corrected chi connectivity index (χ2v) is 2.93. The Morgan fingerprint density at radius 2 is 2.33 bits per heavy atom. The molecule has 68 valence electrons. The highest BCUT2D eigenvalue weighted by molar-refractivity contribution is 5.05. The van der Waals surface area contributed by atoms with Gasteiger partial charge < -0.3 is 10.3 Å². The van der Waals surface area contributed by atoms with Crippen molar-refractivity contribution < 1.29 is 4.52 Å². The summed E-state index contributed by atoms with van der Waals surface area (Å²) < 4.78 is 5.07. The average molecular weight is 168 g/mol. The van der Waals surface area contributed by atoms with Crippen LogP contribution in [0.25, 0.3) is 0 Å². The van der Waals surface area contributed by atoms with E-state index in [2.05, 4.69) is 12.1 Å². The zero-order chi connectivity index (χ0) is 8.81. The summed E-state index contributed by atoms with van der Waals surface area (Å²) in [6, 6.07) is 2.00. The van der Waals surface area contributed by atoms with Crippen LogP contribution in [0.4, 0.5) is 0 Å². The molecule has 1 rings (SSSR count). The maximum absolute atomic E-state index is 5.38. The second-order valence-electron chi connectivity index (χ2n) is 2.93. The minimum absolute atomic E-state index is 0.627. The molecule has 3 heteroatoms. The van der Waals surface area contributed by atoms with E-state index in [1.54, 1.807) is 0 Å². The molecule has 0 fully saturated rings. The van der Waals surface area contributed by atoms with Crippen LogP contribution in [-0.4, -0.2) is 11.7 Å². The normalized spacial score (nSPS) is 10.5. The van der Waals surface area contributed by atoms with E-state index in [1.165, 1.54) is 12.8 Å². The molecule has 0 aliphatic heterocycles. The molecule has 0 aliphatic rings. The van der Waals surface area contributed by atoms with Crippen LogP contribution in [0.1, 0.15) is 31.2 Å². The summed E-state index contributed by atoms with van der Waals surface area (Å²) in [5, 5.41) is 3.94. The fourth-order valence-electron chi connectivity index (χ4n) is 1.09. The van der Waals surface area contributed by atoms with Gasteiger partial charge in [0.15, 0.2) is 0 Å². The average Bonchev–Trinajstić information content (AvgIpc) is 2.50. The Balaban J connectivity index is 2.41. The van der Waals surface area contributed by atoms with Gasteiger partial charge >= 0.3 is 0 Å². The lowest BCUT2D eigenvalue weighted by Crippen LogP contribution is -2.01. The molecule has 12 heavy (non-hydrogen) atoms. The van der Waals surface area contributed by atoms with Gasteiger partial charge in [-0.25, -0.2) is 0 Å². The van der Waals surface area contributed by atoms with E-state index in [0.717, 1.165) is 24.3 Å². The topological polar surface area (TPSA) is 52.0 Å². The molecular weight excluding hydrogens is 152 g/mol. The molecule has 0 bridgehead atoms. The first-order valence-corrected chi connectivity index (χ1v) is 4.51. The largest absolute Gasteiger partial charge is 0.361 e. The number of nitrogens with two attached hydrogens (primary N) is 1. The van der Waals surface area contributed by atoms with Gasteiger partial charge in [-0.1, -0.05) is 18.5 Å². The minimum Gasteiger partial charge on any atom is -0.361 e. The monoisotopic (exact) mass is 168 g/mol. The van der Waals surface area contributed by atoms with Gasteiger partial charge in [0.2, 0.25) is 0 Å². The summed E-state index contributed by atoms with van der Waals surface area (Å²) in [5.74, 6) is 0.906. The molecule has 0 atom stereocenters. The lowest BCUT2D eigenvalue weighted by Gasteiger charge is -1.88.